The number of rotatable bonds is 0. The molecule has 0 aromatic rings. The quantitative estimate of drug-likeness (QED) is 0.402. The third kappa shape index (κ3) is 1.17. The molecule has 1 rings (SSSR count). The summed E-state index contributed by atoms with van der Waals surface area (Å²) in [6, 6.07) is 0. The molecule has 1 heterocycles. The second-order valence-electron chi connectivity index (χ2n) is 1.05. The normalized spacial score (nSPS) is 29.3. The number of thiol groups is 1. The van der Waals surface area contributed by atoms with E-state index in [9.17, 15) is 0 Å². The summed E-state index contributed by atoms with van der Waals surface area (Å²) >= 11 is 5.41. The first-order chi connectivity index (χ1) is 3.29. The van der Waals surface area contributed by atoms with Gasteiger partial charge in [0.25, 0.3) is 0 Å². The van der Waals surface area contributed by atoms with Crippen LogP contribution in [0.15, 0.2) is 5.10 Å². The summed E-state index contributed by atoms with van der Waals surface area (Å²) in [7, 11) is 0. The molecule has 0 aliphatic carbocycles. The predicted octanol–water partition coefficient (Wildman–Crippen LogP) is -0.234. The van der Waals surface area contributed by atoms with Crippen LogP contribution in [0, 0.1) is 0 Å². The summed E-state index contributed by atoms with van der Waals surface area (Å²) in [5.41, 5.74) is 7.89. The monoisotopic (exact) mass is 135 g/mol. The second-order valence-corrected chi connectivity index (χ2v) is 3.04. The second kappa shape index (κ2) is 1.83. The molecular formula is C2H5N3S2. The number of nitrogens with two attached hydrogens (primary N) is 1. The van der Waals surface area contributed by atoms with Crippen molar-refractivity contribution in [2.75, 3.05) is 0 Å². The van der Waals surface area contributed by atoms with Crippen LogP contribution in [0.1, 0.15) is 0 Å². The Balaban J connectivity index is 2.42. The van der Waals surface area contributed by atoms with Gasteiger partial charge in [0.15, 0.2) is 5.17 Å². The van der Waals surface area contributed by atoms with Gasteiger partial charge >= 0.3 is 0 Å². The van der Waals surface area contributed by atoms with Crippen LogP contribution in [-0.4, -0.2) is 9.87 Å². The third-order valence-electron chi connectivity index (χ3n) is 0.518. The Labute approximate surface area is 51.1 Å². The molecule has 0 aromatic heterocycles. The SMILES string of the molecule is NC1=NNC(S)S1. The first-order valence-corrected chi connectivity index (χ1v) is 3.12. The van der Waals surface area contributed by atoms with Crippen LogP contribution in [0.2, 0.25) is 0 Å². The summed E-state index contributed by atoms with van der Waals surface area (Å²) < 4.78 is 0.0556. The topological polar surface area (TPSA) is 50.4 Å². The van der Waals surface area contributed by atoms with Crippen LogP contribution in [0.25, 0.3) is 0 Å². The van der Waals surface area contributed by atoms with E-state index in [4.69, 9.17) is 5.73 Å². The zero-order chi connectivity index (χ0) is 5.28. The van der Waals surface area contributed by atoms with Crippen molar-refractivity contribution >= 4 is 29.6 Å². The third-order valence-corrected chi connectivity index (χ3v) is 1.61. The summed E-state index contributed by atoms with van der Waals surface area (Å²) in [4.78, 5) is 0. The fourth-order valence-electron chi connectivity index (χ4n) is 0.286. The number of nitrogens with zero attached hydrogens (tertiary/aromatic N) is 1. The molecule has 0 bridgehead atoms. The van der Waals surface area contributed by atoms with E-state index in [2.05, 4.69) is 23.2 Å². The van der Waals surface area contributed by atoms with Crippen LogP contribution < -0.4 is 11.2 Å². The fourth-order valence-corrected chi connectivity index (χ4v) is 1.11. The van der Waals surface area contributed by atoms with E-state index in [0.29, 0.717) is 5.17 Å². The molecule has 0 aromatic carbocycles. The molecule has 7 heavy (non-hydrogen) atoms. The van der Waals surface area contributed by atoms with E-state index in [1.165, 1.54) is 11.8 Å². The number of thioether (sulfide) groups is 1. The van der Waals surface area contributed by atoms with E-state index in [0.717, 1.165) is 0 Å². The van der Waals surface area contributed by atoms with Gasteiger partial charge in [-0.3, -0.25) is 5.43 Å². The smallest absolute Gasteiger partial charge is 0.180 e. The van der Waals surface area contributed by atoms with E-state index < -0.39 is 0 Å². The minimum atomic E-state index is 0.0556. The molecule has 3 nitrogen and oxygen atoms in total. The van der Waals surface area contributed by atoms with E-state index in [1.807, 2.05) is 0 Å². The molecule has 5 heteroatoms. The summed E-state index contributed by atoms with van der Waals surface area (Å²) in [6.45, 7) is 0. The zero-order valence-electron chi connectivity index (χ0n) is 3.46. The summed E-state index contributed by atoms with van der Waals surface area (Å²) in [6.07, 6.45) is 0. The number of hydrogen-bond donors (Lipinski definition) is 3. The van der Waals surface area contributed by atoms with Crippen LogP contribution in [0.4, 0.5) is 0 Å². The van der Waals surface area contributed by atoms with Gasteiger partial charge in [-0.15, -0.1) is 12.6 Å². The molecule has 0 spiro atoms. The van der Waals surface area contributed by atoms with Crippen molar-refractivity contribution < 1.29 is 0 Å². The Morgan fingerprint density at radius 3 is 2.86 bits per heavy atom. The summed E-state index contributed by atoms with van der Waals surface area (Å²) in [5, 5.41) is 4.20. The van der Waals surface area contributed by atoms with Crippen molar-refractivity contribution in [1.29, 1.82) is 0 Å². The van der Waals surface area contributed by atoms with E-state index in [-0.39, 0.29) is 4.71 Å². The van der Waals surface area contributed by atoms with Gasteiger partial charge in [0.1, 0.15) is 4.71 Å². The van der Waals surface area contributed by atoms with Gasteiger partial charge in [-0.05, 0) is 11.8 Å². The minimum absolute atomic E-state index is 0.0556. The predicted molar refractivity (Wildman–Crippen MR) is 35.1 cm³/mol. The highest BCUT2D eigenvalue weighted by Crippen LogP contribution is 2.15. The molecule has 0 saturated carbocycles. The molecule has 1 aliphatic heterocycles. The van der Waals surface area contributed by atoms with Crippen molar-refractivity contribution in [2.45, 2.75) is 4.71 Å². The zero-order valence-corrected chi connectivity index (χ0v) is 5.17. The average molecular weight is 135 g/mol. The Hall–Kier alpha value is -0.0300. The molecule has 1 atom stereocenters. The van der Waals surface area contributed by atoms with Crippen molar-refractivity contribution in [3.63, 3.8) is 0 Å². The number of hydrazone groups is 1. The maximum absolute atomic E-state index is 5.23. The van der Waals surface area contributed by atoms with Gasteiger partial charge in [0.05, 0.1) is 0 Å². The van der Waals surface area contributed by atoms with Crippen molar-refractivity contribution in [1.82, 2.24) is 5.43 Å². The maximum atomic E-state index is 5.23. The molecule has 40 valence electrons. The average Bonchev–Trinajstić information content (AvgIpc) is 1.87. The molecule has 0 saturated heterocycles. The molecule has 0 radical (unpaired) electrons. The van der Waals surface area contributed by atoms with Crippen LogP contribution in [0.5, 0.6) is 0 Å². The van der Waals surface area contributed by atoms with Gasteiger partial charge in [-0.2, -0.15) is 5.10 Å². The molecule has 0 amide bonds. The molecular weight excluding hydrogens is 130 g/mol. The highest BCUT2D eigenvalue weighted by atomic mass is 32.2. The van der Waals surface area contributed by atoms with E-state index >= 15 is 0 Å². The maximum Gasteiger partial charge on any atom is 0.180 e. The highest BCUT2D eigenvalue weighted by molar-refractivity contribution is 8.21. The minimum Gasteiger partial charge on any atom is -0.377 e. The molecule has 1 aliphatic rings. The lowest BCUT2D eigenvalue weighted by Gasteiger charge is -1.93. The Kier molecular flexibility index (Phi) is 1.34. The van der Waals surface area contributed by atoms with Crippen molar-refractivity contribution in [3.8, 4) is 0 Å². The first kappa shape index (κ1) is 5.11. The van der Waals surface area contributed by atoms with Gasteiger partial charge in [-0.1, -0.05) is 0 Å². The Morgan fingerprint density at radius 2 is 2.71 bits per heavy atom. The van der Waals surface area contributed by atoms with Crippen LogP contribution in [0.3, 0.4) is 0 Å². The molecule has 3 N–H and O–H groups in total. The lowest BCUT2D eigenvalue weighted by atomic mass is 11.3. The standard InChI is InChI=1S/C2H5N3S2/c3-1-4-5-2(6)7-1/h2,5-6H,(H2,3,4). The largest absolute Gasteiger partial charge is 0.377 e. The lowest BCUT2D eigenvalue weighted by Crippen LogP contribution is -2.06. The first-order valence-electron chi connectivity index (χ1n) is 1.72. The highest BCUT2D eigenvalue weighted by Gasteiger charge is 2.09. The Morgan fingerprint density at radius 1 is 2.00 bits per heavy atom. The van der Waals surface area contributed by atoms with Gasteiger partial charge < -0.3 is 5.73 Å². The number of nitrogens with one attached hydrogen (secondary N) is 1. The molecule has 0 fully saturated rings. The Bertz CT molecular complexity index is 101. The van der Waals surface area contributed by atoms with Crippen LogP contribution >= 0.6 is 24.4 Å². The van der Waals surface area contributed by atoms with Crippen LogP contribution in [-0.2, 0) is 0 Å². The summed E-state index contributed by atoms with van der Waals surface area (Å²) in [5.74, 6) is 0. The van der Waals surface area contributed by atoms with Gasteiger partial charge in [0.2, 0.25) is 0 Å². The number of hydrogen-bond acceptors (Lipinski definition) is 5. The van der Waals surface area contributed by atoms with Gasteiger partial charge in [-0.25, -0.2) is 0 Å². The fraction of sp³-hybridized carbons (Fsp3) is 0.500. The number of amidine groups is 1. The van der Waals surface area contributed by atoms with Gasteiger partial charge in [0, 0.05) is 0 Å². The lowest BCUT2D eigenvalue weighted by molar-refractivity contribution is 0.859. The molecule has 1 unspecified atom stereocenters. The van der Waals surface area contributed by atoms with Crippen molar-refractivity contribution in [3.05, 3.63) is 0 Å². The van der Waals surface area contributed by atoms with Crippen molar-refractivity contribution in [2.24, 2.45) is 10.8 Å². The van der Waals surface area contributed by atoms with E-state index in [1.54, 1.807) is 0 Å².